The van der Waals surface area contributed by atoms with Crippen molar-refractivity contribution in [2.75, 3.05) is 7.11 Å². The van der Waals surface area contributed by atoms with Gasteiger partial charge in [-0.1, -0.05) is 47.7 Å². The Hall–Kier alpha value is -3.50. The lowest BCUT2D eigenvalue weighted by Crippen LogP contribution is -2.17. The van der Waals surface area contributed by atoms with Gasteiger partial charge in [-0.25, -0.2) is 14.8 Å². The molecular weight excluding hydrogens is 348 g/mol. The third kappa shape index (κ3) is 2.62. The molecule has 0 amide bonds. The maximum atomic E-state index is 11.9. The molecule has 1 N–H and O–H groups in total. The van der Waals surface area contributed by atoms with Gasteiger partial charge in [0.2, 0.25) is 5.13 Å². The maximum absolute atomic E-state index is 11.9. The molecular formula is C19H12N4O2S. The molecule has 3 aromatic rings. The van der Waals surface area contributed by atoms with E-state index in [0.717, 1.165) is 21.3 Å². The van der Waals surface area contributed by atoms with Gasteiger partial charge in [-0.3, -0.25) is 0 Å². The number of benzene rings is 2. The SMILES string of the molecule is COC(=O)/C(C#N)=C1\NC(=Nc2nc3ccccc3s2)c2ccccc21. The standard InChI is InChI=1S/C19H12N4O2S/c1-25-18(24)13(10-20)16-11-6-2-3-7-12(11)17(22-16)23-19-21-14-8-4-5-9-15(14)26-19/h2-9H,1H3,(H,21,22,23)/b16-13-. The second-order valence-electron chi connectivity index (χ2n) is 5.45. The van der Waals surface area contributed by atoms with E-state index in [0.29, 0.717) is 16.7 Å². The van der Waals surface area contributed by atoms with E-state index in [1.54, 1.807) is 0 Å². The molecule has 1 aliphatic heterocycles. The minimum Gasteiger partial charge on any atom is -0.465 e. The zero-order valence-electron chi connectivity index (χ0n) is 13.7. The van der Waals surface area contributed by atoms with Gasteiger partial charge in [-0.15, -0.1) is 0 Å². The Bertz CT molecular complexity index is 1100. The molecule has 2 heterocycles. The molecule has 2 aromatic carbocycles. The molecule has 0 saturated carbocycles. The quantitative estimate of drug-likeness (QED) is 0.430. The predicted molar refractivity (Wildman–Crippen MR) is 99.9 cm³/mol. The highest BCUT2D eigenvalue weighted by molar-refractivity contribution is 7.22. The number of para-hydroxylation sites is 1. The number of rotatable bonds is 2. The Balaban J connectivity index is 1.85. The molecule has 0 aliphatic carbocycles. The van der Waals surface area contributed by atoms with Gasteiger partial charge in [0.05, 0.1) is 23.0 Å². The van der Waals surface area contributed by atoms with Crippen molar-refractivity contribution in [1.82, 2.24) is 10.3 Å². The predicted octanol–water partition coefficient (Wildman–Crippen LogP) is 3.39. The number of nitrogens with zero attached hydrogens (tertiary/aromatic N) is 3. The van der Waals surface area contributed by atoms with Gasteiger partial charge in [0.1, 0.15) is 11.9 Å². The lowest BCUT2D eigenvalue weighted by molar-refractivity contribution is -0.135. The number of amidine groups is 1. The minimum absolute atomic E-state index is 0.0885. The fraction of sp³-hybridized carbons (Fsp3) is 0.0526. The van der Waals surface area contributed by atoms with Crippen LogP contribution in [-0.4, -0.2) is 23.9 Å². The highest BCUT2D eigenvalue weighted by Crippen LogP contribution is 2.32. The van der Waals surface area contributed by atoms with Crippen molar-refractivity contribution in [3.8, 4) is 6.07 Å². The third-order valence-corrected chi connectivity index (χ3v) is 4.87. The van der Waals surface area contributed by atoms with E-state index in [2.05, 4.69) is 15.3 Å². The second-order valence-corrected chi connectivity index (χ2v) is 6.46. The van der Waals surface area contributed by atoms with E-state index < -0.39 is 5.97 Å². The summed E-state index contributed by atoms with van der Waals surface area (Å²) in [6.45, 7) is 0. The molecule has 0 unspecified atom stereocenters. The normalized spacial score (nSPS) is 16.1. The summed E-state index contributed by atoms with van der Waals surface area (Å²) in [6.07, 6.45) is 0. The number of nitriles is 1. The van der Waals surface area contributed by atoms with E-state index in [1.165, 1.54) is 18.4 Å². The van der Waals surface area contributed by atoms with Crippen LogP contribution in [0.4, 0.5) is 5.13 Å². The summed E-state index contributed by atoms with van der Waals surface area (Å²) in [5, 5.41) is 13.1. The van der Waals surface area contributed by atoms with E-state index in [9.17, 15) is 10.1 Å². The topological polar surface area (TPSA) is 87.4 Å². The monoisotopic (exact) mass is 360 g/mol. The molecule has 4 rings (SSSR count). The van der Waals surface area contributed by atoms with Crippen molar-refractivity contribution in [2.24, 2.45) is 4.99 Å². The Kier molecular flexibility index (Phi) is 3.95. The van der Waals surface area contributed by atoms with Crippen LogP contribution in [0.1, 0.15) is 11.1 Å². The lowest BCUT2D eigenvalue weighted by atomic mass is 10.1. The van der Waals surface area contributed by atoms with Gasteiger partial charge < -0.3 is 10.1 Å². The number of carbonyl (C=O) groups is 1. The summed E-state index contributed by atoms with van der Waals surface area (Å²) in [5.74, 6) is -0.141. The van der Waals surface area contributed by atoms with E-state index in [-0.39, 0.29) is 5.57 Å². The van der Waals surface area contributed by atoms with Crippen LogP contribution in [0.3, 0.4) is 0 Å². The second kappa shape index (κ2) is 6.43. The molecule has 7 heteroatoms. The number of esters is 1. The van der Waals surface area contributed by atoms with Crippen molar-refractivity contribution in [1.29, 1.82) is 5.26 Å². The summed E-state index contributed by atoms with van der Waals surface area (Å²) >= 11 is 1.47. The summed E-state index contributed by atoms with van der Waals surface area (Å²) in [5.41, 5.74) is 2.73. The number of hydrogen-bond acceptors (Lipinski definition) is 6. The van der Waals surface area contributed by atoms with Crippen LogP contribution < -0.4 is 5.32 Å². The van der Waals surface area contributed by atoms with Crippen LogP contribution in [0.15, 0.2) is 59.1 Å². The molecule has 0 atom stereocenters. The zero-order valence-corrected chi connectivity index (χ0v) is 14.5. The van der Waals surface area contributed by atoms with Gasteiger partial charge in [0.25, 0.3) is 0 Å². The Morgan fingerprint density at radius 1 is 1.19 bits per heavy atom. The molecule has 0 saturated heterocycles. The van der Waals surface area contributed by atoms with Crippen LogP contribution in [0.25, 0.3) is 15.9 Å². The fourth-order valence-corrected chi connectivity index (χ4v) is 3.60. The van der Waals surface area contributed by atoms with Crippen molar-refractivity contribution in [3.63, 3.8) is 0 Å². The molecule has 0 radical (unpaired) electrons. The maximum Gasteiger partial charge on any atom is 0.350 e. The van der Waals surface area contributed by atoms with Crippen LogP contribution in [0.2, 0.25) is 0 Å². The highest BCUT2D eigenvalue weighted by atomic mass is 32.1. The number of carbonyl (C=O) groups excluding carboxylic acids is 1. The van der Waals surface area contributed by atoms with Gasteiger partial charge in [0.15, 0.2) is 5.57 Å². The fourth-order valence-electron chi connectivity index (χ4n) is 2.76. The van der Waals surface area contributed by atoms with Crippen molar-refractivity contribution in [3.05, 3.63) is 65.2 Å². The summed E-state index contributed by atoms with van der Waals surface area (Å²) in [4.78, 5) is 21.0. The van der Waals surface area contributed by atoms with Gasteiger partial charge >= 0.3 is 5.97 Å². The van der Waals surface area contributed by atoms with Gasteiger partial charge in [-0.05, 0) is 12.1 Å². The van der Waals surface area contributed by atoms with Gasteiger partial charge in [-0.2, -0.15) is 5.26 Å². The number of aliphatic imine (C=N–C) groups is 1. The molecule has 126 valence electrons. The number of fused-ring (bicyclic) bond motifs is 2. The minimum atomic E-state index is -0.689. The number of thiazole rings is 1. The molecule has 0 fully saturated rings. The molecule has 1 aromatic heterocycles. The first-order valence-corrected chi connectivity index (χ1v) is 8.56. The highest BCUT2D eigenvalue weighted by Gasteiger charge is 2.28. The molecule has 0 spiro atoms. The van der Waals surface area contributed by atoms with Crippen LogP contribution >= 0.6 is 11.3 Å². The Labute approximate surface area is 153 Å². The van der Waals surface area contributed by atoms with E-state index in [4.69, 9.17) is 4.74 Å². The average Bonchev–Trinajstić information content (AvgIpc) is 3.24. The first-order chi connectivity index (χ1) is 12.7. The first-order valence-electron chi connectivity index (χ1n) is 7.75. The average molecular weight is 360 g/mol. The van der Waals surface area contributed by atoms with Crippen LogP contribution in [0, 0.1) is 11.3 Å². The third-order valence-electron chi connectivity index (χ3n) is 3.94. The molecule has 6 nitrogen and oxygen atoms in total. The van der Waals surface area contributed by atoms with Crippen molar-refractivity contribution >= 4 is 44.2 Å². The van der Waals surface area contributed by atoms with Crippen LogP contribution in [0.5, 0.6) is 0 Å². The Morgan fingerprint density at radius 3 is 2.65 bits per heavy atom. The largest absolute Gasteiger partial charge is 0.465 e. The van der Waals surface area contributed by atoms with Crippen molar-refractivity contribution in [2.45, 2.75) is 0 Å². The first kappa shape index (κ1) is 16.0. The summed E-state index contributed by atoms with van der Waals surface area (Å²) < 4.78 is 5.76. The summed E-state index contributed by atoms with van der Waals surface area (Å²) in [6, 6.07) is 17.2. The number of aromatic nitrogens is 1. The number of ether oxygens (including phenoxy) is 1. The van der Waals surface area contributed by atoms with Crippen molar-refractivity contribution < 1.29 is 9.53 Å². The van der Waals surface area contributed by atoms with E-state index >= 15 is 0 Å². The Morgan fingerprint density at radius 2 is 1.92 bits per heavy atom. The summed E-state index contributed by atoms with van der Waals surface area (Å²) in [7, 11) is 1.25. The lowest BCUT2D eigenvalue weighted by Gasteiger charge is -2.03. The van der Waals surface area contributed by atoms with E-state index in [1.807, 2.05) is 54.6 Å². The molecule has 26 heavy (non-hydrogen) atoms. The molecule has 0 bridgehead atoms. The molecule has 1 aliphatic rings. The number of nitrogens with one attached hydrogen (secondary N) is 1. The van der Waals surface area contributed by atoms with Crippen LogP contribution in [-0.2, 0) is 9.53 Å². The number of hydrogen-bond donors (Lipinski definition) is 1. The number of methoxy groups -OCH3 is 1. The zero-order chi connectivity index (χ0) is 18.1. The van der Waals surface area contributed by atoms with Gasteiger partial charge in [0, 0.05) is 11.1 Å². The smallest absolute Gasteiger partial charge is 0.350 e.